The molecule has 1 saturated heterocycles. The Bertz CT molecular complexity index is 845. The molecule has 1 fully saturated rings. The molecule has 2 aromatic heterocycles. The molecule has 0 unspecified atom stereocenters. The highest BCUT2D eigenvalue weighted by molar-refractivity contribution is 7.08. The van der Waals surface area contributed by atoms with Crippen LogP contribution >= 0.6 is 11.3 Å². The van der Waals surface area contributed by atoms with Gasteiger partial charge in [-0.25, -0.2) is 9.37 Å². The van der Waals surface area contributed by atoms with Gasteiger partial charge >= 0.3 is 0 Å². The predicted molar refractivity (Wildman–Crippen MR) is 103 cm³/mol. The molecule has 0 amide bonds. The van der Waals surface area contributed by atoms with Crippen LogP contribution in [0.1, 0.15) is 17.9 Å². The number of thiophene rings is 1. The standard InChI is InChI=1S/C20H22FN3OS/c1-15-19(22-20(25-15)16-7-12-26-14-16)13-23-8-2-9-24(11-10-23)18-5-3-17(21)4-6-18/h3-7,12,14H,2,8-11,13H2,1H3. The molecule has 3 aromatic rings. The van der Waals surface area contributed by atoms with Crippen LogP contribution in [0.2, 0.25) is 0 Å². The Kier molecular flexibility index (Phi) is 5.04. The van der Waals surface area contributed by atoms with Crippen molar-refractivity contribution < 1.29 is 8.81 Å². The van der Waals surface area contributed by atoms with E-state index >= 15 is 0 Å². The number of hydrogen-bond donors (Lipinski definition) is 0. The van der Waals surface area contributed by atoms with Gasteiger partial charge in [0, 0.05) is 49.4 Å². The number of anilines is 1. The van der Waals surface area contributed by atoms with E-state index in [0.29, 0.717) is 5.89 Å². The summed E-state index contributed by atoms with van der Waals surface area (Å²) in [7, 11) is 0. The molecule has 4 nitrogen and oxygen atoms in total. The average molecular weight is 371 g/mol. The predicted octanol–water partition coefficient (Wildman–Crippen LogP) is 4.56. The summed E-state index contributed by atoms with van der Waals surface area (Å²) >= 11 is 1.65. The first kappa shape index (κ1) is 17.2. The lowest BCUT2D eigenvalue weighted by molar-refractivity contribution is 0.281. The van der Waals surface area contributed by atoms with Crippen molar-refractivity contribution in [1.29, 1.82) is 0 Å². The normalized spacial score (nSPS) is 16.0. The number of hydrogen-bond acceptors (Lipinski definition) is 5. The second-order valence-corrected chi connectivity index (χ2v) is 7.41. The van der Waals surface area contributed by atoms with Gasteiger partial charge in [-0.1, -0.05) is 0 Å². The Labute approximate surface area is 156 Å². The summed E-state index contributed by atoms with van der Waals surface area (Å²) in [5.74, 6) is 1.42. The third-order valence-corrected chi connectivity index (χ3v) is 5.50. The van der Waals surface area contributed by atoms with Crippen molar-refractivity contribution in [2.45, 2.75) is 19.9 Å². The fourth-order valence-corrected chi connectivity index (χ4v) is 3.97. The van der Waals surface area contributed by atoms with Crippen LogP contribution in [0.3, 0.4) is 0 Å². The zero-order valence-corrected chi connectivity index (χ0v) is 15.6. The molecular weight excluding hydrogens is 349 g/mol. The van der Waals surface area contributed by atoms with E-state index < -0.39 is 0 Å². The highest BCUT2D eigenvalue weighted by Gasteiger charge is 2.19. The molecular formula is C20H22FN3OS. The van der Waals surface area contributed by atoms with Crippen molar-refractivity contribution >= 4 is 17.0 Å². The first-order valence-electron chi connectivity index (χ1n) is 8.91. The van der Waals surface area contributed by atoms with Crippen LogP contribution in [0.15, 0.2) is 45.5 Å². The summed E-state index contributed by atoms with van der Waals surface area (Å²) in [6.45, 7) is 6.69. The van der Waals surface area contributed by atoms with E-state index in [-0.39, 0.29) is 5.82 Å². The Balaban J connectivity index is 1.41. The topological polar surface area (TPSA) is 32.5 Å². The summed E-state index contributed by atoms with van der Waals surface area (Å²) in [6.07, 6.45) is 1.08. The van der Waals surface area contributed by atoms with Gasteiger partial charge in [-0.3, -0.25) is 4.90 Å². The molecule has 0 radical (unpaired) electrons. The van der Waals surface area contributed by atoms with Crippen molar-refractivity contribution in [3.63, 3.8) is 0 Å². The van der Waals surface area contributed by atoms with E-state index in [1.165, 1.54) is 12.1 Å². The molecule has 1 aromatic carbocycles. The molecule has 136 valence electrons. The van der Waals surface area contributed by atoms with Crippen LogP contribution in [-0.4, -0.2) is 36.1 Å². The maximum absolute atomic E-state index is 13.1. The fourth-order valence-electron chi connectivity index (χ4n) is 3.34. The lowest BCUT2D eigenvalue weighted by atomic mass is 10.2. The number of rotatable bonds is 4. The number of oxazole rings is 1. The van der Waals surface area contributed by atoms with Gasteiger partial charge in [0.2, 0.25) is 5.89 Å². The van der Waals surface area contributed by atoms with Crippen LogP contribution in [0.25, 0.3) is 11.5 Å². The summed E-state index contributed by atoms with van der Waals surface area (Å²) in [5, 5.41) is 4.09. The first-order chi connectivity index (χ1) is 12.7. The van der Waals surface area contributed by atoms with E-state index in [9.17, 15) is 4.39 Å². The van der Waals surface area contributed by atoms with Gasteiger partial charge in [0.1, 0.15) is 11.6 Å². The Hall–Kier alpha value is -2.18. The molecule has 0 saturated carbocycles. The smallest absolute Gasteiger partial charge is 0.227 e. The molecule has 0 bridgehead atoms. The van der Waals surface area contributed by atoms with E-state index in [1.807, 2.05) is 30.5 Å². The van der Waals surface area contributed by atoms with Crippen LogP contribution in [0, 0.1) is 12.7 Å². The van der Waals surface area contributed by atoms with Crippen molar-refractivity contribution in [3.8, 4) is 11.5 Å². The molecule has 4 rings (SSSR count). The third kappa shape index (κ3) is 3.81. The largest absolute Gasteiger partial charge is 0.441 e. The maximum atomic E-state index is 13.1. The molecule has 3 heterocycles. The van der Waals surface area contributed by atoms with Crippen molar-refractivity contribution in [1.82, 2.24) is 9.88 Å². The van der Waals surface area contributed by atoms with E-state index in [1.54, 1.807) is 11.3 Å². The van der Waals surface area contributed by atoms with Crippen LogP contribution < -0.4 is 4.90 Å². The minimum Gasteiger partial charge on any atom is -0.441 e. The number of halogens is 1. The Morgan fingerprint density at radius 2 is 1.96 bits per heavy atom. The van der Waals surface area contributed by atoms with E-state index in [0.717, 1.165) is 61.8 Å². The maximum Gasteiger partial charge on any atom is 0.227 e. The molecule has 26 heavy (non-hydrogen) atoms. The van der Waals surface area contributed by atoms with Gasteiger partial charge in [-0.05, 0) is 49.1 Å². The summed E-state index contributed by atoms with van der Waals surface area (Å²) in [4.78, 5) is 9.45. The van der Waals surface area contributed by atoms with Gasteiger partial charge < -0.3 is 9.32 Å². The van der Waals surface area contributed by atoms with Gasteiger partial charge in [0.25, 0.3) is 0 Å². The number of aromatic nitrogens is 1. The quantitative estimate of drug-likeness (QED) is 0.673. The van der Waals surface area contributed by atoms with E-state index in [4.69, 9.17) is 9.40 Å². The Morgan fingerprint density at radius 3 is 2.73 bits per heavy atom. The minimum atomic E-state index is -0.187. The molecule has 0 aliphatic carbocycles. The minimum absolute atomic E-state index is 0.187. The molecule has 1 aliphatic rings. The zero-order valence-electron chi connectivity index (χ0n) is 14.8. The second kappa shape index (κ2) is 7.60. The van der Waals surface area contributed by atoms with Crippen molar-refractivity contribution in [2.24, 2.45) is 0 Å². The number of benzene rings is 1. The molecule has 0 atom stereocenters. The summed E-state index contributed by atoms with van der Waals surface area (Å²) in [5.41, 5.74) is 3.15. The SMILES string of the molecule is Cc1oc(-c2ccsc2)nc1CN1CCCN(c2ccc(F)cc2)CC1. The second-order valence-electron chi connectivity index (χ2n) is 6.63. The lowest BCUT2D eigenvalue weighted by Crippen LogP contribution is -2.30. The molecule has 6 heteroatoms. The highest BCUT2D eigenvalue weighted by atomic mass is 32.1. The number of aryl methyl sites for hydroxylation is 1. The lowest BCUT2D eigenvalue weighted by Gasteiger charge is -2.23. The van der Waals surface area contributed by atoms with Gasteiger partial charge in [0.05, 0.1) is 5.69 Å². The molecule has 0 spiro atoms. The molecule has 1 aliphatic heterocycles. The van der Waals surface area contributed by atoms with Crippen LogP contribution in [-0.2, 0) is 6.54 Å². The van der Waals surface area contributed by atoms with Gasteiger partial charge in [0.15, 0.2) is 0 Å². The third-order valence-electron chi connectivity index (χ3n) is 4.81. The summed E-state index contributed by atoms with van der Waals surface area (Å²) < 4.78 is 19.0. The van der Waals surface area contributed by atoms with E-state index in [2.05, 4.69) is 15.2 Å². The van der Waals surface area contributed by atoms with Gasteiger partial charge in [-0.15, -0.1) is 0 Å². The first-order valence-corrected chi connectivity index (χ1v) is 9.85. The summed E-state index contributed by atoms with van der Waals surface area (Å²) in [6, 6.07) is 8.82. The highest BCUT2D eigenvalue weighted by Crippen LogP contribution is 2.25. The van der Waals surface area contributed by atoms with Crippen molar-refractivity contribution in [2.75, 3.05) is 31.1 Å². The van der Waals surface area contributed by atoms with Crippen molar-refractivity contribution in [3.05, 3.63) is 58.4 Å². The zero-order chi connectivity index (χ0) is 17.9. The van der Waals surface area contributed by atoms with Gasteiger partial charge in [-0.2, -0.15) is 11.3 Å². The van der Waals surface area contributed by atoms with Crippen LogP contribution in [0.5, 0.6) is 0 Å². The Morgan fingerprint density at radius 1 is 1.12 bits per heavy atom. The monoisotopic (exact) mass is 371 g/mol. The average Bonchev–Trinajstić information content (AvgIpc) is 3.22. The fraction of sp³-hybridized carbons (Fsp3) is 0.350. The van der Waals surface area contributed by atoms with Crippen LogP contribution in [0.4, 0.5) is 10.1 Å². The number of nitrogens with zero attached hydrogens (tertiary/aromatic N) is 3. The molecule has 0 N–H and O–H groups in total.